The summed E-state index contributed by atoms with van der Waals surface area (Å²) in [5.41, 5.74) is 0.687. The summed E-state index contributed by atoms with van der Waals surface area (Å²) in [6.07, 6.45) is 2.40. The molecule has 2 amide bonds. The van der Waals surface area contributed by atoms with E-state index in [-0.39, 0.29) is 17.6 Å². The van der Waals surface area contributed by atoms with E-state index in [4.69, 9.17) is 5.26 Å². The van der Waals surface area contributed by atoms with Crippen LogP contribution in [0.5, 0.6) is 0 Å². The minimum Gasteiger partial charge on any atom is -0.367 e. The smallest absolute Gasteiger partial charge is 0.317 e. The summed E-state index contributed by atoms with van der Waals surface area (Å²) in [5, 5.41) is 12.2. The molecule has 0 bridgehead atoms. The summed E-state index contributed by atoms with van der Waals surface area (Å²) in [4.78, 5) is 16.0. The number of urea groups is 1. The molecule has 1 aromatic rings. The van der Waals surface area contributed by atoms with E-state index >= 15 is 0 Å². The van der Waals surface area contributed by atoms with Gasteiger partial charge in [-0.3, -0.25) is 0 Å². The number of carbonyl (C=O) groups excluding carboxylic acids is 1. The summed E-state index contributed by atoms with van der Waals surface area (Å²) in [6.45, 7) is 4.40. The van der Waals surface area contributed by atoms with Gasteiger partial charge in [0.05, 0.1) is 5.69 Å². The Morgan fingerprint density at radius 1 is 1.35 bits per heavy atom. The Bertz CT molecular complexity index is 630. The van der Waals surface area contributed by atoms with Crippen molar-refractivity contribution in [2.75, 3.05) is 31.1 Å². The van der Waals surface area contributed by atoms with Crippen LogP contribution in [0.1, 0.15) is 25.3 Å². The van der Waals surface area contributed by atoms with Crippen LogP contribution in [0.4, 0.5) is 14.9 Å². The number of hydrogen-bond acceptors (Lipinski definition) is 3. The largest absolute Gasteiger partial charge is 0.367 e. The van der Waals surface area contributed by atoms with Gasteiger partial charge in [-0.05, 0) is 37.8 Å². The minimum absolute atomic E-state index is 0.0243. The van der Waals surface area contributed by atoms with E-state index in [0.717, 1.165) is 0 Å². The number of amides is 2. The molecule has 6 heteroatoms. The summed E-state index contributed by atoms with van der Waals surface area (Å²) < 4.78 is 13.7. The fourth-order valence-corrected chi connectivity index (χ4v) is 3.04. The zero-order valence-corrected chi connectivity index (χ0v) is 13.3. The topological polar surface area (TPSA) is 59.4 Å². The molecule has 1 N–H and O–H groups in total. The highest BCUT2D eigenvalue weighted by Crippen LogP contribution is 2.32. The van der Waals surface area contributed by atoms with E-state index in [1.54, 1.807) is 17.0 Å². The molecule has 122 valence electrons. The lowest BCUT2D eigenvalue weighted by molar-refractivity contribution is 0.189. The number of hydrogen-bond donors (Lipinski definition) is 1. The molecule has 1 aliphatic carbocycles. The molecule has 1 saturated carbocycles. The van der Waals surface area contributed by atoms with Gasteiger partial charge in [0, 0.05) is 32.2 Å². The molecule has 0 aromatic heterocycles. The Kier molecular flexibility index (Phi) is 4.37. The number of halogens is 1. The van der Waals surface area contributed by atoms with Crippen molar-refractivity contribution in [1.29, 1.82) is 5.26 Å². The molecule has 1 atom stereocenters. The van der Waals surface area contributed by atoms with Crippen LogP contribution in [-0.2, 0) is 0 Å². The van der Waals surface area contributed by atoms with E-state index in [1.807, 2.05) is 11.0 Å². The Labute approximate surface area is 135 Å². The van der Waals surface area contributed by atoms with Crippen LogP contribution in [-0.4, -0.2) is 43.2 Å². The molecule has 1 aliphatic heterocycles. The van der Waals surface area contributed by atoms with Crippen molar-refractivity contribution in [2.24, 2.45) is 5.92 Å². The Hall–Kier alpha value is -2.29. The first-order valence-electron chi connectivity index (χ1n) is 8.09. The van der Waals surface area contributed by atoms with E-state index in [2.05, 4.69) is 12.2 Å². The van der Waals surface area contributed by atoms with Gasteiger partial charge in [0.2, 0.25) is 0 Å². The molecule has 0 unspecified atom stereocenters. The van der Waals surface area contributed by atoms with Crippen molar-refractivity contribution in [3.05, 3.63) is 29.6 Å². The molecule has 0 spiro atoms. The van der Waals surface area contributed by atoms with Crippen molar-refractivity contribution in [2.45, 2.75) is 25.8 Å². The van der Waals surface area contributed by atoms with E-state index in [0.29, 0.717) is 37.8 Å². The van der Waals surface area contributed by atoms with Gasteiger partial charge in [-0.25, -0.2) is 9.18 Å². The normalized spacial score (nSPS) is 19.2. The van der Waals surface area contributed by atoms with Crippen molar-refractivity contribution in [3.63, 3.8) is 0 Å². The van der Waals surface area contributed by atoms with Gasteiger partial charge in [0.15, 0.2) is 0 Å². The maximum absolute atomic E-state index is 13.7. The fourth-order valence-electron chi connectivity index (χ4n) is 3.04. The lowest BCUT2D eigenvalue weighted by atomic mass is 10.1. The first kappa shape index (κ1) is 15.6. The van der Waals surface area contributed by atoms with Gasteiger partial charge < -0.3 is 15.1 Å². The molecular weight excluding hydrogens is 295 g/mol. The molecule has 1 aromatic carbocycles. The van der Waals surface area contributed by atoms with Crippen LogP contribution in [0.25, 0.3) is 0 Å². The molecule has 2 fully saturated rings. The molecule has 23 heavy (non-hydrogen) atoms. The van der Waals surface area contributed by atoms with Crippen LogP contribution in [0.2, 0.25) is 0 Å². The van der Waals surface area contributed by atoms with Crippen molar-refractivity contribution in [3.8, 4) is 6.07 Å². The van der Waals surface area contributed by atoms with Crippen molar-refractivity contribution in [1.82, 2.24) is 10.2 Å². The van der Waals surface area contributed by atoms with Gasteiger partial charge in [-0.15, -0.1) is 0 Å². The molecule has 3 rings (SSSR count). The Morgan fingerprint density at radius 2 is 2.04 bits per heavy atom. The summed E-state index contributed by atoms with van der Waals surface area (Å²) >= 11 is 0. The number of nitrogens with zero attached hydrogens (tertiary/aromatic N) is 3. The Morgan fingerprint density at radius 3 is 2.65 bits per heavy atom. The molecular formula is C17H21FN4O. The second kappa shape index (κ2) is 6.45. The van der Waals surface area contributed by atoms with Crippen LogP contribution < -0.4 is 10.2 Å². The number of benzene rings is 1. The highest BCUT2D eigenvalue weighted by molar-refractivity contribution is 5.75. The number of piperazine rings is 1. The van der Waals surface area contributed by atoms with Crippen molar-refractivity contribution < 1.29 is 9.18 Å². The minimum atomic E-state index is -0.497. The highest BCUT2D eigenvalue weighted by Gasteiger charge is 2.31. The molecule has 1 heterocycles. The number of nitriles is 1. The zero-order valence-electron chi connectivity index (χ0n) is 13.3. The van der Waals surface area contributed by atoms with Gasteiger partial charge in [-0.2, -0.15) is 5.26 Å². The Balaban J connectivity index is 1.59. The van der Waals surface area contributed by atoms with E-state index in [1.165, 1.54) is 18.9 Å². The summed E-state index contributed by atoms with van der Waals surface area (Å²) in [5.74, 6) is 0.133. The lowest BCUT2D eigenvalue weighted by Gasteiger charge is -2.36. The maximum Gasteiger partial charge on any atom is 0.317 e. The second-order valence-corrected chi connectivity index (χ2v) is 6.30. The third kappa shape index (κ3) is 3.39. The van der Waals surface area contributed by atoms with Crippen LogP contribution >= 0.6 is 0 Å². The monoisotopic (exact) mass is 316 g/mol. The van der Waals surface area contributed by atoms with Gasteiger partial charge >= 0.3 is 6.03 Å². The fraction of sp³-hybridized carbons (Fsp3) is 0.529. The van der Waals surface area contributed by atoms with Gasteiger partial charge in [0.25, 0.3) is 0 Å². The van der Waals surface area contributed by atoms with Gasteiger partial charge in [0.1, 0.15) is 17.4 Å². The number of anilines is 1. The zero-order chi connectivity index (χ0) is 16.4. The lowest BCUT2D eigenvalue weighted by Crippen LogP contribution is -2.53. The van der Waals surface area contributed by atoms with Crippen LogP contribution in [0, 0.1) is 23.1 Å². The molecule has 5 nitrogen and oxygen atoms in total. The summed E-state index contributed by atoms with van der Waals surface area (Å²) in [6, 6.07) is 6.80. The molecule has 2 aliphatic rings. The standard InChI is InChI=1S/C17H21FN4O/c1-12(13-5-6-13)20-17(23)22-9-7-21(8-10-22)16-4-2-3-15(18)14(16)11-19/h2-4,12-13H,5-10H2,1H3,(H,20,23)/t12-/m0/s1. The van der Waals surface area contributed by atoms with E-state index in [9.17, 15) is 9.18 Å². The molecule has 0 radical (unpaired) electrons. The summed E-state index contributed by atoms with van der Waals surface area (Å²) in [7, 11) is 0. The average Bonchev–Trinajstić information content (AvgIpc) is 3.39. The van der Waals surface area contributed by atoms with Crippen molar-refractivity contribution >= 4 is 11.7 Å². The first-order chi connectivity index (χ1) is 11.1. The second-order valence-electron chi connectivity index (χ2n) is 6.30. The SMILES string of the molecule is C[C@H](NC(=O)N1CCN(c2cccc(F)c2C#N)CC1)C1CC1. The van der Waals surface area contributed by atoms with Crippen LogP contribution in [0.3, 0.4) is 0 Å². The number of carbonyl (C=O) groups is 1. The number of rotatable bonds is 3. The third-order valence-corrected chi connectivity index (χ3v) is 4.69. The quantitative estimate of drug-likeness (QED) is 0.931. The van der Waals surface area contributed by atoms with E-state index < -0.39 is 5.82 Å². The van der Waals surface area contributed by atoms with Crippen LogP contribution in [0.15, 0.2) is 18.2 Å². The number of nitrogens with one attached hydrogen (secondary N) is 1. The molecule has 1 saturated heterocycles. The average molecular weight is 316 g/mol. The predicted molar refractivity (Wildman–Crippen MR) is 85.6 cm³/mol. The predicted octanol–water partition coefficient (Wildman–Crippen LogP) is 2.33. The van der Waals surface area contributed by atoms with Gasteiger partial charge in [-0.1, -0.05) is 6.07 Å². The highest BCUT2D eigenvalue weighted by atomic mass is 19.1. The first-order valence-corrected chi connectivity index (χ1v) is 8.09. The third-order valence-electron chi connectivity index (χ3n) is 4.69. The maximum atomic E-state index is 13.7.